The fourth-order valence-electron chi connectivity index (χ4n) is 2.29. The summed E-state index contributed by atoms with van der Waals surface area (Å²) in [6.45, 7) is 2.46. The Kier molecular flexibility index (Phi) is 6.88. The van der Waals surface area contributed by atoms with Crippen LogP contribution >= 0.6 is 0 Å². The maximum atomic E-state index is 12.0. The van der Waals surface area contributed by atoms with Gasteiger partial charge in [0.2, 0.25) is 0 Å². The van der Waals surface area contributed by atoms with Crippen LogP contribution in [0.5, 0.6) is 0 Å². The van der Waals surface area contributed by atoms with E-state index in [9.17, 15) is 8.78 Å². The smallest absolute Gasteiger partial charge is 0.251 e. The van der Waals surface area contributed by atoms with E-state index in [1.807, 2.05) is 0 Å². The molecule has 0 spiro atoms. The molecule has 1 N–H and O–H groups in total. The summed E-state index contributed by atoms with van der Waals surface area (Å²) in [7, 11) is 1.74. The first-order valence-electron chi connectivity index (χ1n) is 6.36. The molecule has 0 radical (unpaired) electrons. The van der Waals surface area contributed by atoms with Crippen molar-refractivity contribution in [2.75, 3.05) is 33.2 Å². The zero-order valence-corrected chi connectivity index (χ0v) is 10.2. The molecule has 1 aliphatic carbocycles. The van der Waals surface area contributed by atoms with Crippen molar-refractivity contribution in [3.05, 3.63) is 0 Å². The van der Waals surface area contributed by atoms with Crippen LogP contribution in [-0.4, -0.2) is 44.6 Å². The minimum Gasteiger partial charge on any atom is -0.315 e. The fraction of sp³-hybridized carbons (Fsp3) is 1.00. The number of likely N-dealkylation sites (N-methyl/N-ethyl adjacent to an activating group) is 1. The first kappa shape index (κ1) is 13.8. The molecule has 1 rings (SSSR count). The largest absolute Gasteiger partial charge is 0.315 e. The standard InChI is InChI=1S/C12H24F2N2/c1-16(10-12(13)14)8-7-15-9-11-5-3-2-4-6-11/h11-12,15H,2-10H2,1H3. The number of rotatable bonds is 7. The summed E-state index contributed by atoms with van der Waals surface area (Å²) in [5.41, 5.74) is 0. The van der Waals surface area contributed by atoms with Gasteiger partial charge in [-0.3, -0.25) is 4.90 Å². The summed E-state index contributed by atoms with van der Waals surface area (Å²) in [5, 5.41) is 3.37. The van der Waals surface area contributed by atoms with Gasteiger partial charge in [0, 0.05) is 13.1 Å². The zero-order valence-electron chi connectivity index (χ0n) is 10.2. The quantitative estimate of drug-likeness (QED) is 0.680. The predicted octanol–water partition coefficient (Wildman–Crippen LogP) is 2.35. The first-order chi connectivity index (χ1) is 7.68. The number of alkyl halides is 2. The van der Waals surface area contributed by atoms with Crippen LogP contribution in [0.3, 0.4) is 0 Å². The molecule has 4 heteroatoms. The molecule has 96 valence electrons. The lowest BCUT2D eigenvalue weighted by atomic mass is 9.89. The van der Waals surface area contributed by atoms with Crippen LogP contribution in [0.1, 0.15) is 32.1 Å². The van der Waals surface area contributed by atoms with Crippen LogP contribution < -0.4 is 5.32 Å². The molecule has 1 fully saturated rings. The highest BCUT2D eigenvalue weighted by Gasteiger charge is 2.12. The molecule has 0 heterocycles. The second kappa shape index (κ2) is 7.96. The number of hydrogen-bond donors (Lipinski definition) is 1. The Morgan fingerprint density at radius 1 is 1.25 bits per heavy atom. The van der Waals surface area contributed by atoms with E-state index in [-0.39, 0.29) is 6.54 Å². The average Bonchev–Trinajstić information content (AvgIpc) is 2.25. The topological polar surface area (TPSA) is 15.3 Å². The summed E-state index contributed by atoms with van der Waals surface area (Å²) in [4.78, 5) is 1.68. The Labute approximate surface area is 97.4 Å². The van der Waals surface area contributed by atoms with Crippen molar-refractivity contribution in [1.82, 2.24) is 10.2 Å². The van der Waals surface area contributed by atoms with E-state index in [0.29, 0.717) is 6.54 Å². The van der Waals surface area contributed by atoms with Gasteiger partial charge in [-0.1, -0.05) is 19.3 Å². The van der Waals surface area contributed by atoms with Gasteiger partial charge < -0.3 is 5.32 Å². The van der Waals surface area contributed by atoms with E-state index in [1.54, 1.807) is 11.9 Å². The summed E-state index contributed by atoms with van der Waals surface area (Å²) in [6.07, 6.45) is 4.55. The van der Waals surface area contributed by atoms with Crippen molar-refractivity contribution >= 4 is 0 Å². The van der Waals surface area contributed by atoms with Gasteiger partial charge in [0.15, 0.2) is 0 Å². The van der Waals surface area contributed by atoms with Crippen molar-refractivity contribution in [1.29, 1.82) is 0 Å². The maximum Gasteiger partial charge on any atom is 0.251 e. The van der Waals surface area contributed by atoms with E-state index in [4.69, 9.17) is 0 Å². The fourth-order valence-corrected chi connectivity index (χ4v) is 2.29. The second-order valence-electron chi connectivity index (χ2n) is 4.86. The molecule has 1 saturated carbocycles. The molecule has 0 aromatic carbocycles. The average molecular weight is 234 g/mol. The van der Waals surface area contributed by atoms with Crippen LogP contribution in [0.4, 0.5) is 8.78 Å². The van der Waals surface area contributed by atoms with Crippen LogP contribution in [0, 0.1) is 5.92 Å². The number of halogens is 2. The van der Waals surface area contributed by atoms with Crippen LogP contribution in [0.25, 0.3) is 0 Å². The van der Waals surface area contributed by atoms with E-state index in [1.165, 1.54) is 32.1 Å². The third-order valence-corrected chi connectivity index (χ3v) is 3.28. The zero-order chi connectivity index (χ0) is 11.8. The van der Waals surface area contributed by atoms with Gasteiger partial charge in [0.25, 0.3) is 6.43 Å². The van der Waals surface area contributed by atoms with Gasteiger partial charge in [-0.2, -0.15) is 0 Å². The Morgan fingerprint density at radius 3 is 2.56 bits per heavy atom. The van der Waals surface area contributed by atoms with Crippen LogP contribution in [0.2, 0.25) is 0 Å². The minimum atomic E-state index is -2.22. The number of nitrogens with one attached hydrogen (secondary N) is 1. The van der Waals surface area contributed by atoms with E-state index >= 15 is 0 Å². The van der Waals surface area contributed by atoms with Gasteiger partial charge in [-0.25, -0.2) is 8.78 Å². The molecule has 0 unspecified atom stereocenters. The molecule has 1 aliphatic rings. The lowest BCUT2D eigenvalue weighted by Crippen LogP contribution is -2.34. The third kappa shape index (κ3) is 6.38. The van der Waals surface area contributed by atoms with Gasteiger partial charge in [-0.15, -0.1) is 0 Å². The normalized spacial score (nSPS) is 18.6. The number of nitrogens with zero attached hydrogens (tertiary/aromatic N) is 1. The Morgan fingerprint density at radius 2 is 1.94 bits per heavy atom. The molecule has 16 heavy (non-hydrogen) atoms. The SMILES string of the molecule is CN(CCNCC1CCCCC1)CC(F)F. The summed E-state index contributed by atoms with van der Waals surface area (Å²) >= 11 is 0. The Hall–Kier alpha value is -0.220. The summed E-state index contributed by atoms with van der Waals surface area (Å²) in [5.74, 6) is 0.814. The molecule has 0 aromatic heterocycles. The maximum absolute atomic E-state index is 12.0. The van der Waals surface area contributed by atoms with E-state index in [2.05, 4.69) is 5.32 Å². The number of hydrogen-bond acceptors (Lipinski definition) is 2. The molecule has 2 nitrogen and oxygen atoms in total. The highest BCUT2D eigenvalue weighted by molar-refractivity contribution is 4.68. The Bertz CT molecular complexity index is 170. The van der Waals surface area contributed by atoms with Crippen molar-refractivity contribution in [2.45, 2.75) is 38.5 Å². The molecule has 0 atom stereocenters. The lowest BCUT2D eigenvalue weighted by molar-refractivity contribution is 0.101. The summed E-state index contributed by atoms with van der Waals surface area (Å²) in [6, 6.07) is 0. The van der Waals surface area contributed by atoms with Gasteiger partial charge in [0.1, 0.15) is 0 Å². The van der Waals surface area contributed by atoms with Crippen LogP contribution in [0.15, 0.2) is 0 Å². The van der Waals surface area contributed by atoms with Crippen molar-refractivity contribution in [3.63, 3.8) is 0 Å². The lowest BCUT2D eigenvalue weighted by Gasteiger charge is -2.22. The molecular formula is C12H24F2N2. The monoisotopic (exact) mass is 234 g/mol. The molecule has 0 amide bonds. The highest BCUT2D eigenvalue weighted by atomic mass is 19.3. The Balaban J connectivity index is 1.94. The highest BCUT2D eigenvalue weighted by Crippen LogP contribution is 2.22. The van der Waals surface area contributed by atoms with Crippen molar-refractivity contribution in [3.8, 4) is 0 Å². The molecule has 0 aromatic rings. The second-order valence-corrected chi connectivity index (χ2v) is 4.86. The molecule has 0 saturated heterocycles. The molecule has 0 bridgehead atoms. The van der Waals surface area contributed by atoms with Gasteiger partial charge in [-0.05, 0) is 32.4 Å². The summed E-state index contributed by atoms with van der Waals surface area (Å²) < 4.78 is 24.0. The minimum absolute atomic E-state index is 0.120. The molecule has 0 aliphatic heterocycles. The van der Waals surface area contributed by atoms with Crippen molar-refractivity contribution in [2.24, 2.45) is 5.92 Å². The van der Waals surface area contributed by atoms with E-state index in [0.717, 1.165) is 19.0 Å². The van der Waals surface area contributed by atoms with Crippen LogP contribution in [-0.2, 0) is 0 Å². The predicted molar refractivity (Wildman–Crippen MR) is 62.9 cm³/mol. The van der Waals surface area contributed by atoms with Crippen molar-refractivity contribution < 1.29 is 8.78 Å². The first-order valence-corrected chi connectivity index (χ1v) is 6.36. The third-order valence-electron chi connectivity index (χ3n) is 3.28. The van der Waals surface area contributed by atoms with Gasteiger partial charge in [0.05, 0.1) is 6.54 Å². The van der Waals surface area contributed by atoms with E-state index < -0.39 is 6.43 Å². The van der Waals surface area contributed by atoms with Gasteiger partial charge >= 0.3 is 0 Å². The molecular weight excluding hydrogens is 210 g/mol.